The third kappa shape index (κ3) is 3.86. The maximum absolute atomic E-state index is 12.7. The Kier molecular flexibility index (Phi) is 4.41. The number of sulfonamides is 1. The average molecular weight is 373 g/mol. The van der Waals surface area contributed by atoms with E-state index in [2.05, 4.69) is 21.2 Å². The average Bonchev–Trinajstić information content (AvgIpc) is 3.32. The van der Waals surface area contributed by atoms with Gasteiger partial charge in [0.15, 0.2) is 0 Å². The SMILES string of the molecule is CN(CC1CC1)S(=O)(=O)c1cc(CNC2CC2)ccc1Br. The van der Waals surface area contributed by atoms with Crippen LogP contribution in [0.2, 0.25) is 0 Å². The molecule has 2 aliphatic carbocycles. The van der Waals surface area contributed by atoms with Crippen molar-refractivity contribution in [2.75, 3.05) is 13.6 Å². The van der Waals surface area contributed by atoms with Crippen LogP contribution in [0.5, 0.6) is 0 Å². The molecule has 0 amide bonds. The van der Waals surface area contributed by atoms with Gasteiger partial charge < -0.3 is 5.32 Å². The molecule has 0 radical (unpaired) electrons. The summed E-state index contributed by atoms with van der Waals surface area (Å²) >= 11 is 3.38. The van der Waals surface area contributed by atoms with Crippen LogP contribution in [0.25, 0.3) is 0 Å². The van der Waals surface area contributed by atoms with Gasteiger partial charge in [-0.3, -0.25) is 0 Å². The van der Waals surface area contributed by atoms with Gasteiger partial charge >= 0.3 is 0 Å². The van der Waals surface area contributed by atoms with Crippen LogP contribution in [0.3, 0.4) is 0 Å². The molecule has 0 aromatic heterocycles. The molecule has 0 heterocycles. The second-order valence-electron chi connectivity index (χ2n) is 6.15. The summed E-state index contributed by atoms with van der Waals surface area (Å²) in [4.78, 5) is 0.376. The molecule has 3 rings (SSSR count). The molecular formula is C15H21BrN2O2S. The van der Waals surface area contributed by atoms with E-state index in [9.17, 15) is 8.42 Å². The highest BCUT2D eigenvalue weighted by atomic mass is 79.9. The van der Waals surface area contributed by atoms with Crippen LogP contribution in [-0.2, 0) is 16.6 Å². The van der Waals surface area contributed by atoms with E-state index in [4.69, 9.17) is 0 Å². The minimum absolute atomic E-state index is 0.376. The Morgan fingerprint density at radius 1 is 1.29 bits per heavy atom. The summed E-state index contributed by atoms with van der Waals surface area (Å²) in [6.45, 7) is 1.35. The van der Waals surface area contributed by atoms with Crippen LogP contribution < -0.4 is 5.32 Å². The summed E-state index contributed by atoms with van der Waals surface area (Å²) in [6.07, 6.45) is 4.75. The molecule has 0 saturated heterocycles. The van der Waals surface area contributed by atoms with E-state index >= 15 is 0 Å². The predicted octanol–water partition coefficient (Wildman–Crippen LogP) is 2.73. The highest BCUT2D eigenvalue weighted by molar-refractivity contribution is 9.10. The van der Waals surface area contributed by atoms with Crippen LogP contribution in [0.1, 0.15) is 31.2 Å². The fraction of sp³-hybridized carbons (Fsp3) is 0.600. The molecule has 0 bridgehead atoms. The van der Waals surface area contributed by atoms with Gasteiger partial charge in [-0.15, -0.1) is 0 Å². The third-order valence-corrected chi connectivity index (χ3v) is 6.89. The summed E-state index contributed by atoms with van der Waals surface area (Å²) in [6, 6.07) is 6.21. The highest BCUT2D eigenvalue weighted by Crippen LogP contribution is 2.32. The Labute approximate surface area is 135 Å². The molecule has 0 unspecified atom stereocenters. The molecular weight excluding hydrogens is 352 g/mol. The Hall–Kier alpha value is -0.430. The van der Waals surface area contributed by atoms with Crippen molar-refractivity contribution in [2.24, 2.45) is 5.92 Å². The summed E-state index contributed by atoms with van der Waals surface area (Å²) in [7, 11) is -1.74. The number of nitrogens with zero attached hydrogens (tertiary/aromatic N) is 1. The van der Waals surface area contributed by atoms with E-state index < -0.39 is 10.0 Å². The Morgan fingerprint density at radius 3 is 2.62 bits per heavy atom. The van der Waals surface area contributed by atoms with Crippen molar-refractivity contribution >= 4 is 26.0 Å². The smallest absolute Gasteiger partial charge is 0.243 e. The molecule has 0 spiro atoms. The third-order valence-electron chi connectivity index (χ3n) is 4.07. The predicted molar refractivity (Wildman–Crippen MR) is 86.5 cm³/mol. The largest absolute Gasteiger partial charge is 0.310 e. The number of hydrogen-bond donors (Lipinski definition) is 1. The zero-order valence-electron chi connectivity index (χ0n) is 12.2. The molecule has 1 aromatic rings. The Morgan fingerprint density at radius 2 is 2.00 bits per heavy atom. The van der Waals surface area contributed by atoms with Gasteiger partial charge in [0, 0.05) is 30.7 Å². The first-order valence-electron chi connectivity index (χ1n) is 7.45. The molecule has 4 nitrogen and oxygen atoms in total. The number of hydrogen-bond acceptors (Lipinski definition) is 3. The van der Waals surface area contributed by atoms with Gasteiger partial charge in [-0.1, -0.05) is 6.07 Å². The number of benzene rings is 1. The minimum atomic E-state index is -3.41. The first kappa shape index (κ1) is 15.5. The van der Waals surface area contributed by atoms with Crippen molar-refractivity contribution in [3.63, 3.8) is 0 Å². The normalized spacial score (nSPS) is 19.2. The fourth-order valence-corrected chi connectivity index (χ4v) is 4.55. The van der Waals surface area contributed by atoms with Crippen molar-refractivity contribution < 1.29 is 8.42 Å². The van der Waals surface area contributed by atoms with Crippen molar-refractivity contribution in [1.82, 2.24) is 9.62 Å². The van der Waals surface area contributed by atoms with Crippen molar-refractivity contribution in [3.8, 4) is 0 Å². The number of rotatable bonds is 7. The quantitative estimate of drug-likeness (QED) is 0.800. The lowest BCUT2D eigenvalue weighted by molar-refractivity contribution is 0.452. The van der Waals surface area contributed by atoms with E-state index in [1.54, 1.807) is 13.1 Å². The first-order valence-corrected chi connectivity index (χ1v) is 9.68. The number of nitrogens with one attached hydrogen (secondary N) is 1. The zero-order valence-corrected chi connectivity index (χ0v) is 14.6. The maximum atomic E-state index is 12.7. The van der Waals surface area contributed by atoms with Crippen LogP contribution in [0.15, 0.2) is 27.6 Å². The van der Waals surface area contributed by atoms with E-state index in [1.165, 1.54) is 17.1 Å². The topological polar surface area (TPSA) is 49.4 Å². The second kappa shape index (κ2) is 5.99. The van der Waals surface area contributed by atoms with E-state index in [0.29, 0.717) is 27.9 Å². The van der Waals surface area contributed by atoms with Gasteiger partial charge in [-0.25, -0.2) is 12.7 Å². The second-order valence-corrected chi connectivity index (χ2v) is 9.02. The van der Waals surface area contributed by atoms with E-state index in [-0.39, 0.29) is 0 Å². The van der Waals surface area contributed by atoms with Crippen LogP contribution in [0, 0.1) is 5.92 Å². The van der Waals surface area contributed by atoms with Gasteiger partial charge in [0.1, 0.15) is 0 Å². The zero-order chi connectivity index (χ0) is 15.0. The molecule has 6 heteroatoms. The Bertz CT molecular complexity index is 625. The molecule has 2 fully saturated rings. The van der Waals surface area contributed by atoms with Crippen LogP contribution in [0.4, 0.5) is 0 Å². The lowest BCUT2D eigenvalue weighted by Crippen LogP contribution is -2.29. The molecule has 21 heavy (non-hydrogen) atoms. The van der Waals surface area contributed by atoms with Gasteiger partial charge in [-0.2, -0.15) is 0 Å². The lowest BCUT2D eigenvalue weighted by Gasteiger charge is -2.18. The summed E-state index contributed by atoms with van der Waals surface area (Å²) in [5.41, 5.74) is 1.02. The van der Waals surface area contributed by atoms with Crippen molar-refractivity contribution in [2.45, 2.75) is 43.2 Å². The summed E-state index contributed by atoms with van der Waals surface area (Å²) in [5, 5.41) is 3.42. The minimum Gasteiger partial charge on any atom is -0.310 e. The van der Waals surface area contributed by atoms with Gasteiger partial charge in [0.2, 0.25) is 10.0 Å². The highest BCUT2D eigenvalue weighted by Gasteiger charge is 2.30. The first-order chi connectivity index (χ1) is 9.96. The van der Waals surface area contributed by atoms with Gasteiger partial charge in [-0.05, 0) is 65.2 Å². The van der Waals surface area contributed by atoms with Crippen molar-refractivity contribution in [3.05, 3.63) is 28.2 Å². The van der Waals surface area contributed by atoms with Crippen LogP contribution >= 0.6 is 15.9 Å². The van der Waals surface area contributed by atoms with Crippen LogP contribution in [-0.4, -0.2) is 32.4 Å². The molecule has 1 aromatic carbocycles. The molecule has 1 N–H and O–H groups in total. The molecule has 2 aliphatic rings. The molecule has 0 atom stereocenters. The Balaban J connectivity index is 1.78. The van der Waals surface area contributed by atoms with E-state index in [0.717, 1.165) is 24.9 Å². The van der Waals surface area contributed by atoms with E-state index in [1.807, 2.05) is 12.1 Å². The summed E-state index contributed by atoms with van der Waals surface area (Å²) < 4.78 is 27.5. The van der Waals surface area contributed by atoms with Gasteiger partial charge in [0.25, 0.3) is 0 Å². The summed E-state index contributed by atoms with van der Waals surface area (Å²) in [5.74, 6) is 0.545. The number of halogens is 1. The fourth-order valence-electron chi connectivity index (χ4n) is 2.34. The lowest BCUT2D eigenvalue weighted by atomic mass is 10.2. The van der Waals surface area contributed by atoms with Crippen molar-refractivity contribution in [1.29, 1.82) is 0 Å². The maximum Gasteiger partial charge on any atom is 0.243 e. The molecule has 2 saturated carbocycles. The monoisotopic (exact) mass is 372 g/mol. The molecule has 0 aliphatic heterocycles. The standard InChI is InChI=1S/C15H21BrN2O2S/c1-18(10-11-2-3-11)21(19,20)15-8-12(4-7-14(15)16)9-17-13-5-6-13/h4,7-8,11,13,17H,2-3,5-6,9-10H2,1H3. The van der Waals surface area contributed by atoms with Gasteiger partial charge in [0.05, 0.1) is 4.90 Å². The molecule has 116 valence electrons.